The van der Waals surface area contributed by atoms with E-state index in [9.17, 15) is 0 Å². The number of anilines is 1. The van der Waals surface area contributed by atoms with Crippen LogP contribution in [0.1, 0.15) is 59.2 Å². The summed E-state index contributed by atoms with van der Waals surface area (Å²) in [5.41, 5.74) is 8.99. The highest BCUT2D eigenvalue weighted by Crippen LogP contribution is 2.34. The molecule has 1 aromatic heterocycles. The number of aromatic nitrogens is 2. The Hall–Kier alpha value is -1.51. The van der Waals surface area contributed by atoms with Crippen molar-refractivity contribution in [2.75, 3.05) is 5.73 Å². The van der Waals surface area contributed by atoms with Crippen LogP contribution in [0.15, 0.2) is 18.2 Å². The molecule has 0 atom stereocenters. The Labute approximate surface area is 115 Å². The van der Waals surface area contributed by atoms with Crippen molar-refractivity contribution in [3.05, 3.63) is 24.0 Å². The summed E-state index contributed by atoms with van der Waals surface area (Å²) in [6, 6.07) is 6.05. The first-order valence-corrected chi connectivity index (χ1v) is 7.21. The number of nitrogen functional groups attached to an aromatic ring is 1. The molecule has 2 aromatic rings. The molecular weight excluding hydrogens is 234 g/mol. The van der Waals surface area contributed by atoms with Gasteiger partial charge in [-0.2, -0.15) is 0 Å². The first-order chi connectivity index (χ1) is 8.92. The van der Waals surface area contributed by atoms with Crippen LogP contribution in [0.5, 0.6) is 0 Å². The normalized spacial score (nSPS) is 12.5. The molecule has 1 heterocycles. The van der Waals surface area contributed by atoms with Crippen LogP contribution in [0.25, 0.3) is 11.0 Å². The second kappa shape index (κ2) is 4.87. The summed E-state index contributed by atoms with van der Waals surface area (Å²) in [6.45, 7) is 11.2. The van der Waals surface area contributed by atoms with Gasteiger partial charge in [-0.15, -0.1) is 0 Å². The summed E-state index contributed by atoms with van der Waals surface area (Å²) in [5.74, 6) is 1.57. The molecule has 2 N–H and O–H groups in total. The van der Waals surface area contributed by atoms with E-state index in [2.05, 4.69) is 45.3 Å². The predicted octanol–water partition coefficient (Wildman–Crippen LogP) is 4.28. The van der Waals surface area contributed by atoms with Crippen LogP contribution in [-0.4, -0.2) is 9.55 Å². The molecule has 0 unspecified atom stereocenters. The predicted molar refractivity (Wildman–Crippen MR) is 82.5 cm³/mol. The Morgan fingerprint density at radius 2 is 1.89 bits per heavy atom. The number of nitrogens with two attached hydrogens (primary N) is 1. The Morgan fingerprint density at radius 1 is 1.26 bits per heavy atom. The highest BCUT2D eigenvalue weighted by molar-refractivity contribution is 5.80. The van der Waals surface area contributed by atoms with Crippen molar-refractivity contribution < 1.29 is 0 Å². The van der Waals surface area contributed by atoms with E-state index in [0.717, 1.165) is 29.9 Å². The summed E-state index contributed by atoms with van der Waals surface area (Å²) in [6.07, 6.45) is 2.19. The minimum absolute atomic E-state index is 0.116. The largest absolute Gasteiger partial charge is 0.399 e. The van der Waals surface area contributed by atoms with Gasteiger partial charge in [0.1, 0.15) is 5.82 Å². The minimum Gasteiger partial charge on any atom is -0.399 e. The number of imidazole rings is 1. The molecule has 0 amide bonds. The van der Waals surface area contributed by atoms with Gasteiger partial charge < -0.3 is 10.3 Å². The molecule has 0 radical (unpaired) electrons. The number of hydrogen-bond donors (Lipinski definition) is 1. The fourth-order valence-corrected chi connectivity index (χ4v) is 2.64. The molecule has 0 saturated carbocycles. The molecule has 0 spiro atoms. The maximum absolute atomic E-state index is 5.88. The number of nitrogens with zero attached hydrogens (tertiary/aromatic N) is 2. The van der Waals surface area contributed by atoms with E-state index in [1.165, 1.54) is 5.52 Å². The van der Waals surface area contributed by atoms with Gasteiger partial charge in [-0.05, 0) is 38.0 Å². The lowest BCUT2D eigenvalue weighted by atomic mass is 9.94. The van der Waals surface area contributed by atoms with E-state index in [1.54, 1.807) is 0 Å². The molecule has 2 rings (SSSR count). The Morgan fingerprint density at radius 3 is 2.42 bits per heavy atom. The van der Waals surface area contributed by atoms with Crippen LogP contribution < -0.4 is 5.73 Å². The third-order valence-electron chi connectivity index (χ3n) is 4.28. The first kappa shape index (κ1) is 13.9. The van der Waals surface area contributed by atoms with E-state index >= 15 is 0 Å². The van der Waals surface area contributed by atoms with Crippen LogP contribution >= 0.6 is 0 Å². The molecule has 0 aliphatic heterocycles. The quantitative estimate of drug-likeness (QED) is 0.833. The van der Waals surface area contributed by atoms with Gasteiger partial charge in [-0.25, -0.2) is 4.98 Å². The average molecular weight is 259 g/mol. The van der Waals surface area contributed by atoms with Crippen molar-refractivity contribution in [2.45, 2.75) is 58.9 Å². The van der Waals surface area contributed by atoms with Gasteiger partial charge in [-0.1, -0.05) is 27.7 Å². The molecule has 0 bridgehead atoms. The van der Waals surface area contributed by atoms with Gasteiger partial charge in [0.2, 0.25) is 0 Å². The first-order valence-electron chi connectivity index (χ1n) is 7.21. The smallest absolute Gasteiger partial charge is 0.112 e. The van der Waals surface area contributed by atoms with E-state index in [-0.39, 0.29) is 5.54 Å². The maximum atomic E-state index is 5.88. The fourth-order valence-electron chi connectivity index (χ4n) is 2.64. The lowest BCUT2D eigenvalue weighted by Crippen LogP contribution is -2.30. The highest BCUT2D eigenvalue weighted by atomic mass is 15.1. The topological polar surface area (TPSA) is 43.8 Å². The van der Waals surface area contributed by atoms with Crippen molar-refractivity contribution in [1.82, 2.24) is 9.55 Å². The zero-order chi connectivity index (χ0) is 14.2. The number of hydrogen-bond acceptors (Lipinski definition) is 2. The van der Waals surface area contributed by atoms with Crippen molar-refractivity contribution in [2.24, 2.45) is 0 Å². The van der Waals surface area contributed by atoms with Crippen LogP contribution in [0.4, 0.5) is 5.69 Å². The monoisotopic (exact) mass is 259 g/mol. The molecule has 0 saturated heterocycles. The fraction of sp³-hybridized carbons (Fsp3) is 0.562. The van der Waals surface area contributed by atoms with Crippen molar-refractivity contribution in [3.63, 3.8) is 0 Å². The molecule has 3 nitrogen and oxygen atoms in total. The van der Waals surface area contributed by atoms with Crippen LogP contribution in [0, 0.1) is 0 Å². The van der Waals surface area contributed by atoms with Crippen LogP contribution in [-0.2, 0) is 5.54 Å². The molecular formula is C16H25N3. The Bertz CT molecular complexity index is 577. The van der Waals surface area contributed by atoms with Gasteiger partial charge in [0.15, 0.2) is 0 Å². The van der Waals surface area contributed by atoms with E-state index in [0.29, 0.717) is 5.92 Å². The standard InChI is InChI=1S/C16H25N3/c1-6-16(5,7-2)19-14-9-8-12(17)10-13(14)18-15(19)11(3)4/h8-11H,6-7,17H2,1-5H3. The lowest BCUT2D eigenvalue weighted by molar-refractivity contribution is 0.290. The van der Waals surface area contributed by atoms with E-state index < -0.39 is 0 Å². The second-order valence-corrected chi connectivity index (χ2v) is 5.91. The summed E-state index contributed by atoms with van der Waals surface area (Å²) in [5, 5.41) is 0. The van der Waals surface area contributed by atoms with Gasteiger partial charge in [-0.3, -0.25) is 0 Å². The third kappa shape index (κ3) is 2.22. The zero-order valence-electron chi connectivity index (χ0n) is 12.7. The molecule has 3 heteroatoms. The molecule has 0 fully saturated rings. The van der Waals surface area contributed by atoms with Crippen LogP contribution in [0.3, 0.4) is 0 Å². The molecule has 0 aliphatic rings. The maximum Gasteiger partial charge on any atom is 0.112 e. The Balaban J connectivity index is 2.79. The second-order valence-electron chi connectivity index (χ2n) is 5.91. The van der Waals surface area contributed by atoms with Crippen LogP contribution in [0.2, 0.25) is 0 Å². The van der Waals surface area contributed by atoms with Gasteiger partial charge in [0, 0.05) is 17.1 Å². The summed E-state index contributed by atoms with van der Waals surface area (Å²) >= 11 is 0. The lowest BCUT2D eigenvalue weighted by Gasteiger charge is -2.32. The SMILES string of the molecule is CCC(C)(CC)n1c(C(C)C)nc2cc(N)ccc21. The van der Waals surface area contributed by atoms with Gasteiger partial charge in [0.05, 0.1) is 11.0 Å². The average Bonchev–Trinajstić information content (AvgIpc) is 2.77. The van der Waals surface area contributed by atoms with Crippen molar-refractivity contribution in [1.29, 1.82) is 0 Å². The highest BCUT2D eigenvalue weighted by Gasteiger charge is 2.28. The van der Waals surface area contributed by atoms with E-state index in [1.807, 2.05) is 12.1 Å². The van der Waals surface area contributed by atoms with Gasteiger partial charge in [0.25, 0.3) is 0 Å². The molecule has 0 aliphatic carbocycles. The molecule has 104 valence electrons. The van der Waals surface area contributed by atoms with Crippen molar-refractivity contribution in [3.8, 4) is 0 Å². The summed E-state index contributed by atoms with van der Waals surface area (Å²) in [7, 11) is 0. The summed E-state index contributed by atoms with van der Waals surface area (Å²) < 4.78 is 2.42. The number of rotatable bonds is 4. The number of benzene rings is 1. The zero-order valence-corrected chi connectivity index (χ0v) is 12.7. The number of fused-ring (bicyclic) bond motifs is 1. The third-order valence-corrected chi connectivity index (χ3v) is 4.28. The van der Waals surface area contributed by atoms with Gasteiger partial charge >= 0.3 is 0 Å². The summed E-state index contributed by atoms with van der Waals surface area (Å²) in [4.78, 5) is 4.82. The van der Waals surface area contributed by atoms with Crippen molar-refractivity contribution >= 4 is 16.7 Å². The minimum atomic E-state index is 0.116. The Kier molecular flexibility index (Phi) is 3.57. The van der Waals surface area contributed by atoms with E-state index in [4.69, 9.17) is 10.7 Å². The molecule has 1 aromatic carbocycles. The molecule has 19 heavy (non-hydrogen) atoms.